The van der Waals surface area contributed by atoms with E-state index >= 15 is 0 Å². The second-order valence-corrected chi connectivity index (χ2v) is 6.59. The lowest BCUT2D eigenvalue weighted by Gasteiger charge is -2.40. The van der Waals surface area contributed by atoms with Crippen LogP contribution in [-0.2, 0) is 4.79 Å². The van der Waals surface area contributed by atoms with E-state index in [0.29, 0.717) is 18.0 Å². The molecule has 4 N–H and O–H groups in total. The smallest absolute Gasteiger partial charge is 0.238 e. The van der Waals surface area contributed by atoms with Gasteiger partial charge in [-0.3, -0.25) is 4.79 Å². The van der Waals surface area contributed by atoms with E-state index in [4.69, 9.17) is 11.5 Å². The zero-order chi connectivity index (χ0) is 13.3. The Morgan fingerprint density at radius 2 is 1.88 bits per heavy atom. The molecule has 4 nitrogen and oxygen atoms in total. The van der Waals surface area contributed by atoms with Crippen LogP contribution in [0.5, 0.6) is 0 Å². The predicted molar refractivity (Wildman–Crippen MR) is 70.5 cm³/mol. The molecule has 0 radical (unpaired) electrons. The molecule has 100 valence electrons. The molecule has 0 aromatic rings. The number of nitrogens with two attached hydrogens (primary N) is 2. The first-order valence-electron chi connectivity index (χ1n) is 6.43. The second kappa shape index (κ2) is 4.94. The van der Waals surface area contributed by atoms with Gasteiger partial charge in [0.15, 0.2) is 0 Å². The van der Waals surface area contributed by atoms with E-state index in [9.17, 15) is 4.79 Å². The lowest BCUT2D eigenvalue weighted by molar-refractivity contribution is -0.123. The van der Waals surface area contributed by atoms with Gasteiger partial charge >= 0.3 is 0 Å². The van der Waals surface area contributed by atoms with Crippen molar-refractivity contribution < 1.29 is 4.79 Å². The van der Waals surface area contributed by atoms with Crippen LogP contribution in [0.15, 0.2) is 0 Å². The van der Waals surface area contributed by atoms with Crippen LogP contribution in [0.25, 0.3) is 0 Å². The maximum absolute atomic E-state index is 11.2. The highest BCUT2D eigenvalue weighted by Gasteiger charge is 2.33. The largest absolute Gasteiger partial charge is 0.368 e. The summed E-state index contributed by atoms with van der Waals surface area (Å²) in [6, 6.07) is 0.533. The number of likely N-dealkylation sites (N-methyl/N-ethyl adjacent to an activating group) is 1. The molecular formula is C13H27N3O. The summed E-state index contributed by atoms with van der Waals surface area (Å²) >= 11 is 0. The minimum Gasteiger partial charge on any atom is -0.368 e. The van der Waals surface area contributed by atoms with Gasteiger partial charge in [-0.1, -0.05) is 13.8 Å². The molecule has 1 unspecified atom stereocenters. The maximum Gasteiger partial charge on any atom is 0.238 e. The molecule has 17 heavy (non-hydrogen) atoms. The Hall–Kier alpha value is -0.610. The maximum atomic E-state index is 11.2. The molecule has 1 fully saturated rings. The summed E-state index contributed by atoms with van der Waals surface area (Å²) in [6.45, 7) is 6.88. The molecule has 1 saturated carbocycles. The van der Waals surface area contributed by atoms with Gasteiger partial charge in [-0.15, -0.1) is 0 Å². The first-order valence-corrected chi connectivity index (χ1v) is 6.43. The Morgan fingerprint density at radius 3 is 2.29 bits per heavy atom. The summed E-state index contributed by atoms with van der Waals surface area (Å²) in [4.78, 5) is 13.4. The number of hydrogen-bond acceptors (Lipinski definition) is 3. The summed E-state index contributed by atoms with van der Waals surface area (Å²) < 4.78 is 0. The molecule has 0 aromatic heterocycles. The molecule has 0 spiro atoms. The average Bonchev–Trinajstić information content (AvgIpc) is 2.16. The van der Waals surface area contributed by atoms with Crippen LogP contribution in [0.4, 0.5) is 0 Å². The normalized spacial score (nSPS) is 24.6. The fraction of sp³-hybridized carbons (Fsp3) is 0.923. The van der Waals surface area contributed by atoms with Gasteiger partial charge in [0.05, 0.1) is 0 Å². The zero-order valence-corrected chi connectivity index (χ0v) is 11.6. The van der Waals surface area contributed by atoms with E-state index < -0.39 is 11.4 Å². The lowest BCUT2D eigenvalue weighted by atomic mass is 9.75. The van der Waals surface area contributed by atoms with Crippen molar-refractivity contribution in [2.24, 2.45) is 16.9 Å². The number of hydrogen-bond donors (Lipinski definition) is 2. The lowest BCUT2D eigenvalue weighted by Crippen LogP contribution is -2.57. The predicted octanol–water partition coefficient (Wildman–Crippen LogP) is 1.09. The van der Waals surface area contributed by atoms with Crippen molar-refractivity contribution in [3.63, 3.8) is 0 Å². The van der Waals surface area contributed by atoms with Crippen molar-refractivity contribution in [3.05, 3.63) is 0 Å². The van der Waals surface area contributed by atoms with Crippen LogP contribution in [0.1, 0.15) is 46.5 Å². The third-order valence-electron chi connectivity index (χ3n) is 4.07. The molecule has 0 heterocycles. The summed E-state index contributed by atoms with van der Waals surface area (Å²) in [5, 5.41) is 0. The van der Waals surface area contributed by atoms with Crippen LogP contribution in [0, 0.1) is 5.41 Å². The molecule has 4 heteroatoms. The SMILES string of the molecule is CN(CC(C)(N)C(N)=O)C1CCC(C)(C)CC1. The van der Waals surface area contributed by atoms with Crippen molar-refractivity contribution in [3.8, 4) is 0 Å². The van der Waals surface area contributed by atoms with E-state index in [-0.39, 0.29) is 0 Å². The minimum atomic E-state index is -0.929. The van der Waals surface area contributed by atoms with Gasteiger partial charge in [-0.2, -0.15) is 0 Å². The molecule has 1 aliphatic carbocycles. The summed E-state index contributed by atoms with van der Waals surface area (Å²) in [5.74, 6) is -0.430. The van der Waals surface area contributed by atoms with Gasteiger partial charge < -0.3 is 16.4 Å². The summed E-state index contributed by atoms with van der Waals surface area (Å²) in [6.07, 6.45) is 4.83. The van der Waals surface area contributed by atoms with Crippen molar-refractivity contribution in [2.45, 2.75) is 58.0 Å². The number of carbonyl (C=O) groups is 1. The Balaban J connectivity index is 2.50. The van der Waals surface area contributed by atoms with Crippen LogP contribution >= 0.6 is 0 Å². The van der Waals surface area contributed by atoms with Crippen molar-refractivity contribution in [1.29, 1.82) is 0 Å². The van der Waals surface area contributed by atoms with Crippen molar-refractivity contribution >= 4 is 5.91 Å². The standard InChI is InChI=1S/C13H27N3O/c1-12(2)7-5-10(6-8-12)16(4)9-13(3,15)11(14)17/h10H,5-9,15H2,1-4H3,(H2,14,17). The average molecular weight is 241 g/mol. The zero-order valence-electron chi connectivity index (χ0n) is 11.6. The fourth-order valence-electron chi connectivity index (χ4n) is 2.55. The first kappa shape index (κ1) is 14.5. The Kier molecular flexibility index (Phi) is 4.20. The van der Waals surface area contributed by atoms with E-state index in [1.807, 2.05) is 7.05 Å². The first-order chi connectivity index (χ1) is 7.64. The van der Waals surface area contributed by atoms with Gasteiger partial charge in [-0.05, 0) is 45.1 Å². The van der Waals surface area contributed by atoms with Gasteiger partial charge in [0, 0.05) is 12.6 Å². The Labute approximate surface area is 105 Å². The molecular weight excluding hydrogens is 214 g/mol. The second-order valence-electron chi connectivity index (χ2n) is 6.59. The third-order valence-corrected chi connectivity index (χ3v) is 4.07. The van der Waals surface area contributed by atoms with Crippen LogP contribution < -0.4 is 11.5 Å². The van der Waals surface area contributed by atoms with Crippen LogP contribution in [-0.4, -0.2) is 36.0 Å². The highest BCUT2D eigenvalue weighted by Crippen LogP contribution is 2.36. The third kappa shape index (κ3) is 3.96. The number of nitrogens with zero attached hydrogens (tertiary/aromatic N) is 1. The van der Waals surface area contributed by atoms with E-state index in [0.717, 1.165) is 0 Å². The van der Waals surface area contributed by atoms with Gasteiger partial charge in [-0.25, -0.2) is 0 Å². The molecule has 0 aromatic carbocycles. The van der Waals surface area contributed by atoms with Crippen LogP contribution in [0.2, 0.25) is 0 Å². The van der Waals surface area contributed by atoms with Gasteiger partial charge in [0.25, 0.3) is 0 Å². The molecule has 0 bridgehead atoms. The molecule has 1 rings (SSSR count). The number of amides is 1. The Morgan fingerprint density at radius 1 is 1.41 bits per heavy atom. The topological polar surface area (TPSA) is 72.3 Å². The molecule has 0 aliphatic heterocycles. The van der Waals surface area contributed by atoms with E-state index in [1.54, 1.807) is 6.92 Å². The van der Waals surface area contributed by atoms with Crippen molar-refractivity contribution in [2.75, 3.05) is 13.6 Å². The number of carbonyl (C=O) groups excluding carboxylic acids is 1. The van der Waals surface area contributed by atoms with E-state index in [2.05, 4.69) is 18.7 Å². The Bertz CT molecular complexity index is 276. The van der Waals surface area contributed by atoms with E-state index in [1.165, 1.54) is 25.7 Å². The number of rotatable bonds is 4. The fourth-order valence-corrected chi connectivity index (χ4v) is 2.55. The van der Waals surface area contributed by atoms with Crippen LogP contribution in [0.3, 0.4) is 0 Å². The molecule has 1 amide bonds. The summed E-state index contributed by atoms with van der Waals surface area (Å²) in [7, 11) is 2.04. The van der Waals surface area contributed by atoms with Crippen molar-refractivity contribution in [1.82, 2.24) is 4.90 Å². The molecule has 0 saturated heterocycles. The quantitative estimate of drug-likeness (QED) is 0.774. The number of primary amides is 1. The summed E-state index contributed by atoms with van der Waals surface area (Å²) in [5.41, 5.74) is 10.7. The minimum absolute atomic E-state index is 0.430. The highest BCUT2D eigenvalue weighted by atomic mass is 16.1. The molecule has 1 aliphatic rings. The van der Waals surface area contributed by atoms with Gasteiger partial charge in [0.1, 0.15) is 5.54 Å². The highest BCUT2D eigenvalue weighted by molar-refractivity contribution is 5.84. The molecule has 1 atom stereocenters. The van der Waals surface area contributed by atoms with Gasteiger partial charge in [0.2, 0.25) is 5.91 Å². The monoisotopic (exact) mass is 241 g/mol.